The predicted molar refractivity (Wildman–Crippen MR) is 129 cm³/mol. The highest BCUT2D eigenvalue weighted by Gasteiger charge is 2.22. The number of fused-ring (bicyclic) bond motifs is 1. The van der Waals surface area contributed by atoms with Crippen LogP contribution in [0.25, 0.3) is 10.9 Å². The molecule has 1 aliphatic rings. The van der Waals surface area contributed by atoms with Crippen molar-refractivity contribution in [2.24, 2.45) is 5.92 Å². The first-order chi connectivity index (χ1) is 14.6. The number of hydrogen-bond acceptors (Lipinski definition) is 5. The average Bonchev–Trinajstić information content (AvgIpc) is 2.74. The number of anilines is 2. The summed E-state index contributed by atoms with van der Waals surface area (Å²) in [5.74, 6) is 2.45. The monoisotopic (exact) mass is 467 g/mol. The Bertz CT molecular complexity index is 982. The lowest BCUT2D eigenvalue weighted by molar-refractivity contribution is 0.324. The molecule has 6 heteroatoms. The molecule has 30 heavy (non-hydrogen) atoms. The maximum atomic E-state index is 4.79. The Morgan fingerprint density at radius 1 is 1.00 bits per heavy atom. The molecule has 1 aromatic heterocycles. The number of nitrogens with one attached hydrogen (secondary N) is 2. The third kappa shape index (κ3) is 5.29. The zero-order valence-electron chi connectivity index (χ0n) is 17.7. The van der Waals surface area contributed by atoms with Gasteiger partial charge in [0.1, 0.15) is 5.82 Å². The van der Waals surface area contributed by atoms with Crippen LogP contribution >= 0.6 is 15.9 Å². The molecule has 1 heterocycles. The van der Waals surface area contributed by atoms with Gasteiger partial charge >= 0.3 is 0 Å². The van der Waals surface area contributed by atoms with Gasteiger partial charge in [0.15, 0.2) is 0 Å². The Labute approximate surface area is 187 Å². The van der Waals surface area contributed by atoms with Crippen molar-refractivity contribution >= 4 is 38.6 Å². The van der Waals surface area contributed by atoms with E-state index >= 15 is 0 Å². The Kier molecular flexibility index (Phi) is 6.85. The van der Waals surface area contributed by atoms with Crippen molar-refractivity contribution in [3.8, 4) is 0 Å². The SMILES string of the molecule is CN(C)c1nc(N[C@H]2CC[C@@H](CNCc3cccc(Br)c3)CC2)nc2ccccc12. The van der Waals surface area contributed by atoms with Gasteiger partial charge in [-0.25, -0.2) is 4.98 Å². The van der Waals surface area contributed by atoms with E-state index in [2.05, 4.69) is 67.9 Å². The average molecular weight is 468 g/mol. The van der Waals surface area contributed by atoms with Crippen molar-refractivity contribution in [3.63, 3.8) is 0 Å². The Morgan fingerprint density at radius 2 is 1.80 bits per heavy atom. The topological polar surface area (TPSA) is 53.1 Å². The summed E-state index contributed by atoms with van der Waals surface area (Å²) in [6.07, 6.45) is 4.79. The van der Waals surface area contributed by atoms with Gasteiger partial charge in [0.05, 0.1) is 5.52 Å². The molecule has 0 radical (unpaired) electrons. The summed E-state index contributed by atoms with van der Waals surface area (Å²) < 4.78 is 1.14. The van der Waals surface area contributed by atoms with Crippen molar-refractivity contribution in [3.05, 3.63) is 58.6 Å². The van der Waals surface area contributed by atoms with Gasteiger partial charge in [-0.05, 0) is 68.0 Å². The number of benzene rings is 2. The molecular formula is C24H30BrN5. The maximum Gasteiger partial charge on any atom is 0.225 e. The van der Waals surface area contributed by atoms with Crippen molar-refractivity contribution in [2.45, 2.75) is 38.3 Å². The van der Waals surface area contributed by atoms with Crippen LogP contribution in [-0.2, 0) is 6.54 Å². The summed E-state index contributed by atoms with van der Waals surface area (Å²) in [6, 6.07) is 17.2. The first-order valence-corrected chi connectivity index (χ1v) is 11.5. The van der Waals surface area contributed by atoms with E-state index in [9.17, 15) is 0 Å². The molecule has 158 valence electrons. The van der Waals surface area contributed by atoms with Crippen LogP contribution in [0.3, 0.4) is 0 Å². The van der Waals surface area contributed by atoms with E-state index in [1.54, 1.807) is 0 Å². The molecule has 0 spiro atoms. The molecule has 4 rings (SSSR count). The second-order valence-corrected chi connectivity index (χ2v) is 9.32. The fourth-order valence-corrected chi connectivity index (χ4v) is 4.67. The van der Waals surface area contributed by atoms with Crippen molar-refractivity contribution in [1.82, 2.24) is 15.3 Å². The van der Waals surface area contributed by atoms with Crippen LogP contribution in [0.2, 0.25) is 0 Å². The number of aromatic nitrogens is 2. The molecule has 0 unspecified atom stereocenters. The molecule has 1 saturated carbocycles. The number of para-hydroxylation sites is 1. The van der Waals surface area contributed by atoms with Gasteiger partial charge in [-0.3, -0.25) is 0 Å². The highest BCUT2D eigenvalue weighted by molar-refractivity contribution is 9.10. The highest BCUT2D eigenvalue weighted by Crippen LogP contribution is 2.28. The molecule has 3 aromatic rings. The van der Waals surface area contributed by atoms with Crippen LogP contribution in [0.5, 0.6) is 0 Å². The highest BCUT2D eigenvalue weighted by atomic mass is 79.9. The van der Waals surface area contributed by atoms with E-state index in [1.807, 2.05) is 26.2 Å². The minimum absolute atomic E-state index is 0.447. The standard InChI is InChI=1S/C24H30BrN5/c1-30(2)23-21-8-3-4-9-22(21)28-24(29-23)27-20-12-10-17(11-13-20)15-26-16-18-6-5-7-19(25)14-18/h3-9,14,17,20,26H,10-13,15-16H2,1-2H3,(H,27,28,29)/t17-,20+. The molecule has 0 saturated heterocycles. The maximum absolute atomic E-state index is 4.79. The quantitative estimate of drug-likeness (QED) is 0.498. The normalized spacial score (nSPS) is 19.0. The van der Waals surface area contributed by atoms with E-state index in [0.717, 1.165) is 59.0 Å². The van der Waals surface area contributed by atoms with E-state index in [4.69, 9.17) is 9.97 Å². The summed E-state index contributed by atoms with van der Waals surface area (Å²) in [6.45, 7) is 2.01. The van der Waals surface area contributed by atoms with Crippen LogP contribution < -0.4 is 15.5 Å². The largest absolute Gasteiger partial charge is 0.362 e. The van der Waals surface area contributed by atoms with Crippen LogP contribution in [0, 0.1) is 5.92 Å². The fourth-order valence-electron chi connectivity index (χ4n) is 4.23. The lowest BCUT2D eigenvalue weighted by Gasteiger charge is -2.29. The van der Waals surface area contributed by atoms with E-state index in [-0.39, 0.29) is 0 Å². The molecular weight excluding hydrogens is 438 g/mol. The Balaban J connectivity index is 1.29. The van der Waals surface area contributed by atoms with Gasteiger partial charge in [0, 0.05) is 36.5 Å². The Hall–Kier alpha value is -2.18. The number of rotatable bonds is 7. The van der Waals surface area contributed by atoms with Crippen LogP contribution in [-0.4, -0.2) is 36.6 Å². The third-order valence-corrected chi connectivity index (χ3v) is 6.33. The van der Waals surface area contributed by atoms with E-state index < -0.39 is 0 Å². The summed E-state index contributed by atoms with van der Waals surface area (Å²) in [5, 5.41) is 8.33. The molecule has 0 atom stereocenters. The van der Waals surface area contributed by atoms with Gasteiger partial charge in [-0.15, -0.1) is 0 Å². The first kappa shape index (κ1) is 21.1. The fraction of sp³-hybridized carbons (Fsp3) is 0.417. The van der Waals surface area contributed by atoms with Gasteiger partial charge in [0.25, 0.3) is 0 Å². The Morgan fingerprint density at radius 3 is 2.57 bits per heavy atom. The summed E-state index contributed by atoms with van der Waals surface area (Å²) in [4.78, 5) is 11.6. The van der Waals surface area contributed by atoms with Crippen LogP contribution in [0.15, 0.2) is 53.0 Å². The molecule has 0 amide bonds. The van der Waals surface area contributed by atoms with Crippen LogP contribution in [0.4, 0.5) is 11.8 Å². The zero-order valence-corrected chi connectivity index (χ0v) is 19.3. The lowest BCUT2D eigenvalue weighted by atomic mass is 9.86. The lowest BCUT2D eigenvalue weighted by Crippen LogP contribution is -2.31. The van der Waals surface area contributed by atoms with Crippen molar-refractivity contribution in [1.29, 1.82) is 0 Å². The van der Waals surface area contributed by atoms with Gasteiger partial charge in [-0.1, -0.05) is 40.2 Å². The molecule has 2 N–H and O–H groups in total. The smallest absolute Gasteiger partial charge is 0.225 e. The predicted octanol–water partition coefficient (Wildman–Crippen LogP) is 5.22. The molecule has 2 aromatic carbocycles. The third-order valence-electron chi connectivity index (χ3n) is 5.84. The molecule has 1 fully saturated rings. The van der Waals surface area contributed by atoms with Crippen LogP contribution in [0.1, 0.15) is 31.2 Å². The van der Waals surface area contributed by atoms with Crippen molar-refractivity contribution in [2.75, 3.05) is 30.9 Å². The second kappa shape index (κ2) is 9.75. The molecule has 1 aliphatic carbocycles. The minimum Gasteiger partial charge on any atom is -0.362 e. The number of hydrogen-bond donors (Lipinski definition) is 2. The van der Waals surface area contributed by atoms with Crippen molar-refractivity contribution < 1.29 is 0 Å². The summed E-state index contributed by atoms with van der Waals surface area (Å²) >= 11 is 3.54. The second-order valence-electron chi connectivity index (χ2n) is 8.41. The number of halogens is 1. The van der Waals surface area contributed by atoms with E-state index in [0.29, 0.717) is 6.04 Å². The first-order valence-electron chi connectivity index (χ1n) is 10.7. The van der Waals surface area contributed by atoms with Gasteiger partial charge < -0.3 is 15.5 Å². The zero-order chi connectivity index (χ0) is 20.9. The molecule has 5 nitrogen and oxygen atoms in total. The summed E-state index contributed by atoms with van der Waals surface area (Å²) in [7, 11) is 4.07. The molecule has 0 aliphatic heterocycles. The number of nitrogens with zero attached hydrogens (tertiary/aromatic N) is 3. The van der Waals surface area contributed by atoms with Gasteiger partial charge in [-0.2, -0.15) is 4.98 Å². The van der Waals surface area contributed by atoms with Gasteiger partial charge in [0.2, 0.25) is 5.95 Å². The minimum atomic E-state index is 0.447. The van der Waals surface area contributed by atoms with E-state index in [1.165, 1.54) is 18.4 Å². The molecule has 0 bridgehead atoms. The summed E-state index contributed by atoms with van der Waals surface area (Å²) in [5.41, 5.74) is 2.31.